The van der Waals surface area contributed by atoms with Crippen LogP contribution in [0.1, 0.15) is 65.8 Å². The molecule has 5 nitrogen and oxygen atoms in total. The third-order valence-corrected chi connectivity index (χ3v) is 5.80. The largest absolute Gasteiger partial charge is 0.357 e. The highest BCUT2D eigenvalue weighted by Crippen LogP contribution is 2.39. The standard InChI is InChI=1S/C22H23N3O2/c26-21-13-16(12-18(24-21)14-8-9-14)22(27)25-10-4-3-7-20(25)19-11-15-5-1-2-6-17(15)23-19/h1-2,5-6,11-14,20,23H,3-4,7-10H2,(H,24,26). The van der Waals surface area contributed by atoms with Gasteiger partial charge in [-0.1, -0.05) is 18.2 Å². The van der Waals surface area contributed by atoms with Gasteiger partial charge in [0.25, 0.3) is 5.91 Å². The average Bonchev–Trinajstić information content (AvgIpc) is 3.45. The van der Waals surface area contributed by atoms with Crippen LogP contribution in [-0.4, -0.2) is 27.3 Å². The fraction of sp³-hybridized carbons (Fsp3) is 0.364. The summed E-state index contributed by atoms with van der Waals surface area (Å²) in [5, 5.41) is 1.16. The Hall–Kier alpha value is -2.82. The third kappa shape index (κ3) is 3.07. The molecule has 1 aliphatic heterocycles. The number of hydrogen-bond acceptors (Lipinski definition) is 2. The number of aromatic amines is 2. The van der Waals surface area contributed by atoms with Crippen molar-refractivity contribution in [3.05, 3.63) is 69.8 Å². The van der Waals surface area contributed by atoms with E-state index in [1.54, 1.807) is 0 Å². The zero-order valence-corrected chi connectivity index (χ0v) is 15.2. The first kappa shape index (κ1) is 16.4. The molecule has 138 valence electrons. The second-order valence-electron chi connectivity index (χ2n) is 7.78. The van der Waals surface area contributed by atoms with Gasteiger partial charge in [0.15, 0.2) is 0 Å². The first-order valence-electron chi connectivity index (χ1n) is 9.82. The van der Waals surface area contributed by atoms with Crippen LogP contribution < -0.4 is 5.56 Å². The summed E-state index contributed by atoms with van der Waals surface area (Å²) in [5.41, 5.74) is 3.42. The zero-order chi connectivity index (χ0) is 18.4. The average molecular weight is 361 g/mol. The van der Waals surface area contributed by atoms with Crippen molar-refractivity contribution >= 4 is 16.8 Å². The van der Waals surface area contributed by atoms with Gasteiger partial charge in [-0.3, -0.25) is 9.59 Å². The Bertz CT molecular complexity index is 1030. The summed E-state index contributed by atoms with van der Waals surface area (Å²) in [6.07, 6.45) is 5.23. The number of aromatic nitrogens is 2. The number of carbonyl (C=O) groups is 1. The van der Waals surface area contributed by atoms with Crippen LogP contribution in [0.4, 0.5) is 0 Å². The fourth-order valence-corrected chi connectivity index (χ4v) is 4.24. The Labute approximate surface area is 157 Å². The zero-order valence-electron chi connectivity index (χ0n) is 15.2. The van der Waals surface area contributed by atoms with Gasteiger partial charge in [-0.25, -0.2) is 0 Å². The number of fused-ring (bicyclic) bond motifs is 1. The summed E-state index contributed by atoms with van der Waals surface area (Å²) >= 11 is 0. The Kier molecular flexibility index (Phi) is 3.88. The molecule has 1 amide bonds. The van der Waals surface area contributed by atoms with Crippen molar-refractivity contribution in [3.8, 4) is 0 Å². The maximum Gasteiger partial charge on any atom is 0.254 e. The number of nitrogens with one attached hydrogen (secondary N) is 2. The van der Waals surface area contributed by atoms with E-state index in [1.807, 2.05) is 23.1 Å². The van der Waals surface area contributed by atoms with E-state index >= 15 is 0 Å². The van der Waals surface area contributed by atoms with E-state index < -0.39 is 0 Å². The van der Waals surface area contributed by atoms with Crippen LogP contribution in [-0.2, 0) is 0 Å². The Balaban J connectivity index is 1.50. The van der Waals surface area contributed by atoms with Crippen LogP contribution in [0.2, 0.25) is 0 Å². The first-order chi connectivity index (χ1) is 13.2. The number of pyridine rings is 1. The highest BCUT2D eigenvalue weighted by Gasteiger charge is 2.31. The molecule has 3 heterocycles. The van der Waals surface area contributed by atoms with Crippen LogP contribution >= 0.6 is 0 Å². The van der Waals surface area contributed by atoms with Crippen molar-refractivity contribution in [3.63, 3.8) is 0 Å². The minimum absolute atomic E-state index is 0.0299. The van der Waals surface area contributed by atoms with Crippen molar-refractivity contribution in [1.29, 1.82) is 0 Å². The quantitative estimate of drug-likeness (QED) is 0.737. The molecule has 5 heteroatoms. The summed E-state index contributed by atoms with van der Waals surface area (Å²) in [4.78, 5) is 33.7. The molecule has 1 saturated carbocycles. The molecule has 2 aromatic heterocycles. The first-order valence-corrected chi connectivity index (χ1v) is 9.82. The number of piperidine rings is 1. The molecule has 1 saturated heterocycles. The lowest BCUT2D eigenvalue weighted by molar-refractivity contribution is 0.0606. The van der Waals surface area contributed by atoms with E-state index in [1.165, 1.54) is 6.07 Å². The fourth-order valence-electron chi connectivity index (χ4n) is 4.24. The molecule has 3 aromatic rings. The monoisotopic (exact) mass is 361 g/mol. The van der Waals surface area contributed by atoms with E-state index in [9.17, 15) is 9.59 Å². The van der Waals surface area contributed by atoms with Gasteiger partial charge >= 0.3 is 0 Å². The van der Waals surface area contributed by atoms with Gasteiger partial charge in [0, 0.05) is 35.1 Å². The van der Waals surface area contributed by atoms with Gasteiger partial charge in [-0.2, -0.15) is 0 Å². The van der Waals surface area contributed by atoms with Crippen molar-refractivity contribution in [2.75, 3.05) is 6.54 Å². The maximum absolute atomic E-state index is 13.3. The molecule has 1 aromatic carbocycles. The molecular formula is C22H23N3O2. The molecule has 2 aliphatic rings. The van der Waals surface area contributed by atoms with E-state index in [4.69, 9.17) is 0 Å². The molecule has 5 rings (SSSR count). The van der Waals surface area contributed by atoms with Crippen molar-refractivity contribution in [1.82, 2.24) is 14.9 Å². The molecular weight excluding hydrogens is 338 g/mol. The van der Waals surface area contributed by atoms with Crippen molar-refractivity contribution in [2.45, 2.75) is 44.1 Å². The van der Waals surface area contributed by atoms with Gasteiger partial charge in [-0.15, -0.1) is 0 Å². The van der Waals surface area contributed by atoms with Gasteiger partial charge in [-0.05, 0) is 61.6 Å². The lowest BCUT2D eigenvalue weighted by Gasteiger charge is -2.35. The number of likely N-dealkylation sites (tertiary alicyclic amines) is 1. The lowest BCUT2D eigenvalue weighted by Crippen LogP contribution is -2.39. The number of nitrogens with zero attached hydrogens (tertiary/aromatic N) is 1. The number of H-pyrrole nitrogens is 2. The number of rotatable bonds is 3. The summed E-state index contributed by atoms with van der Waals surface area (Å²) in [6, 6.07) is 13.7. The van der Waals surface area contributed by atoms with E-state index in [0.717, 1.165) is 60.9 Å². The maximum atomic E-state index is 13.3. The van der Waals surface area contributed by atoms with E-state index in [2.05, 4.69) is 28.2 Å². The molecule has 27 heavy (non-hydrogen) atoms. The minimum Gasteiger partial charge on any atom is -0.357 e. The molecule has 1 aliphatic carbocycles. The Morgan fingerprint density at radius 3 is 2.63 bits per heavy atom. The summed E-state index contributed by atoms with van der Waals surface area (Å²) < 4.78 is 0. The topological polar surface area (TPSA) is 69.0 Å². The SMILES string of the molecule is O=C(c1cc(C2CC2)[nH]c(=O)c1)N1CCCCC1c1cc2ccccc2[nH]1. The number of para-hydroxylation sites is 1. The van der Waals surface area contributed by atoms with Crippen LogP contribution in [0.15, 0.2) is 47.3 Å². The van der Waals surface area contributed by atoms with Crippen LogP contribution in [0.25, 0.3) is 10.9 Å². The van der Waals surface area contributed by atoms with Gasteiger partial charge in [0.2, 0.25) is 5.56 Å². The second-order valence-corrected chi connectivity index (χ2v) is 7.78. The van der Waals surface area contributed by atoms with Crippen LogP contribution in [0.3, 0.4) is 0 Å². The molecule has 0 radical (unpaired) electrons. The number of benzene rings is 1. The van der Waals surface area contributed by atoms with Crippen molar-refractivity contribution < 1.29 is 4.79 Å². The summed E-state index contributed by atoms with van der Waals surface area (Å²) in [6.45, 7) is 0.727. The second kappa shape index (κ2) is 6.41. The third-order valence-electron chi connectivity index (χ3n) is 5.80. The van der Waals surface area contributed by atoms with E-state index in [-0.39, 0.29) is 17.5 Å². The van der Waals surface area contributed by atoms with Crippen LogP contribution in [0.5, 0.6) is 0 Å². The molecule has 2 fully saturated rings. The van der Waals surface area contributed by atoms with Gasteiger partial charge < -0.3 is 14.9 Å². The molecule has 1 atom stereocenters. The summed E-state index contributed by atoms with van der Waals surface area (Å²) in [5.74, 6) is 0.377. The lowest BCUT2D eigenvalue weighted by atomic mass is 9.98. The van der Waals surface area contributed by atoms with Gasteiger partial charge in [0.05, 0.1) is 6.04 Å². The smallest absolute Gasteiger partial charge is 0.254 e. The van der Waals surface area contributed by atoms with Gasteiger partial charge in [0.1, 0.15) is 0 Å². The summed E-state index contributed by atoms with van der Waals surface area (Å²) in [7, 11) is 0. The van der Waals surface area contributed by atoms with E-state index in [0.29, 0.717) is 11.5 Å². The predicted octanol–water partition coefficient (Wildman–Crippen LogP) is 4.10. The van der Waals surface area contributed by atoms with Crippen molar-refractivity contribution in [2.24, 2.45) is 0 Å². The molecule has 1 unspecified atom stereocenters. The highest BCUT2D eigenvalue weighted by atomic mass is 16.2. The molecule has 2 N–H and O–H groups in total. The number of amides is 1. The number of hydrogen-bond donors (Lipinski definition) is 2. The minimum atomic E-state index is -0.179. The molecule has 0 bridgehead atoms. The number of carbonyl (C=O) groups excluding carboxylic acids is 1. The Morgan fingerprint density at radius 2 is 1.81 bits per heavy atom. The predicted molar refractivity (Wildman–Crippen MR) is 105 cm³/mol. The van der Waals surface area contributed by atoms with Crippen LogP contribution in [0, 0.1) is 0 Å². The highest BCUT2D eigenvalue weighted by molar-refractivity contribution is 5.94. The Morgan fingerprint density at radius 1 is 0.963 bits per heavy atom. The normalized spacial score (nSPS) is 20.1. The molecule has 0 spiro atoms.